The number of carbonyl (C=O) groups is 1. The first-order valence-corrected chi connectivity index (χ1v) is 8.07. The Morgan fingerprint density at radius 3 is 3.05 bits per heavy atom. The van der Waals surface area contributed by atoms with Crippen LogP contribution in [0.25, 0.3) is 0 Å². The summed E-state index contributed by atoms with van der Waals surface area (Å²) in [6, 6.07) is 4.56. The molecule has 0 aliphatic carbocycles. The van der Waals surface area contributed by atoms with Crippen LogP contribution < -0.4 is 0 Å². The Bertz CT molecular complexity index is 579. The highest BCUT2D eigenvalue weighted by atomic mass is 32.2. The Labute approximate surface area is 128 Å². The number of rotatable bonds is 2. The van der Waals surface area contributed by atoms with Gasteiger partial charge in [0, 0.05) is 36.1 Å². The van der Waals surface area contributed by atoms with Crippen LogP contribution in [0, 0.1) is 17.7 Å². The highest BCUT2D eigenvalue weighted by molar-refractivity contribution is 7.99. The maximum Gasteiger partial charge on any atom is 0.254 e. The topological polar surface area (TPSA) is 40.5 Å². The number of nitrogens with zero attached hydrogens (tertiary/aromatic N) is 1. The van der Waals surface area contributed by atoms with Crippen LogP contribution in [0.15, 0.2) is 18.2 Å². The molecule has 0 spiro atoms. The van der Waals surface area contributed by atoms with Gasteiger partial charge in [-0.05, 0) is 25.1 Å². The molecule has 1 amide bonds. The number of carbonyl (C=O) groups excluding carboxylic acids is 1. The molecule has 1 unspecified atom stereocenters. The fraction of sp³-hybridized carbons (Fsp3) is 0.438. The van der Waals surface area contributed by atoms with E-state index in [0.717, 1.165) is 11.5 Å². The molecule has 1 saturated heterocycles. The molecule has 0 aromatic heterocycles. The van der Waals surface area contributed by atoms with Gasteiger partial charge in [-0.3, -0.25) is 4.79 Å². The van der Waals surface area contributed by atoms with E-state index in [4.69, 9.17) is 5.11 Å². The smallest absolute Gasteiger partial charge is 0.254 e. The monoisotopic (exact) mass is 307 g/mol. The summed E-state index contributed by atoms with van der Waals surface area (Å²) in [5.74, 6) is 6.54. The van der Waals surface area contributed by atoms with Gasteiger partial charge in [-0.1, -0.05) is 11.8 Å². The lowest BCUT2D eigenvalue weighted by Crippen LogP contribution is -2.44. The van der Waals surface area contributed by atoms with Crippen molar-refractivity contribution in [1.29, 1.82) is 0 Å². The van der Waals surface area contributed by atoms with Crippen molar-refractivity contribution < 1.29 is 14.3 Å². The zero-order valence-electron chi connectivity index (χ0n) is 11.9. The first-order valence-electron chi connectivity index (χ1n) is 6.91. The second-order valence-corrected chi connectivity index (χ2v) is 6.04. The van der Waals surface area contributed by atoms with Gasteiger partial charge in [0.1, 0.15) is 5.82 Å². The lowest BCUT2D eigenvalue weighted by molar-refractivity contribution is 0.0715. The molecular weight excluding hydrogens is 289 g/mol. The molecule has 2 rings (SSSR count). The van der Waals surface area contributed by atoms with Gasteiger partial charge in [-0.15, -0.1) is 0 Å². The van der Waals surface area contributed by atoms with Crippen molar-refractivity contribution in [1.82, 2.24) is 4.90 Å². The highest BCUT2D eigenvalue weighted by Gasteiger charge is 2.24. The lowest BCUT2D eigenvalue weighted by Gasteiger charge is -2.33. The Morgan fingerprint density at radius 2 is 2.38 bits per heavy atom. The predicted molar refractivity (Wildman–Crippen MR) is 82.8 cm³/mol. The molecule has 112 valence electrons. The molecule has 0 bridgehead atoms. The quantitative estimate of drug-likeness (QED) is 0.851. The standard InChI is InChI=1S/C16H18FNO2S/c1-12-11-21-9-7-18(12)16(20)14-6-5-13(15(17)10-14)4-2-3-8-19/h5-6,10,12,19H,3,7-9,11H2,1H3. The van der Waals surface area contributed by atoms with Gasteiger partial charge in [0.25, 0.3) is 5.91 Å². The van der Waals surface area contributed by atoms with Crippen LogP contribution in [0.3, 0.4) is 0 Å². The molecule has 1 aromatic carbocycles. The van der Waals surface area contributed by atoms with Crippen molar-refractivity contribution in [3.63, 3.8) is 0 Å². The van der Waals surface area contributed by atoms with E-state index >= 15 is 0 Å². The van der Waals surface area contributed by atoms with Gasteiger partial charge >= 0.3 is 0 Å². The molecule has 21 heavy (non-hydrogen) atoms. The second-order valence-electron chi connectivity index (χ2n) is 4.89. The van der Waals surface area contributed by atoms with E-state index in [1.165, 1.54) is 12.1 Å². The van der Waals surface area contributed by atoms with Crippen LogP contribution in [0.2, 0.25) is 0 Å². The Kier molecular flexibility index (Phi) is 5.66. The van der Waals surface area contributed by atoms with Gasteiger partial charge in [-0.25, -0.2) is 4.39 Å². The van der Waals surface area contributed by atoms with E-state index in [9.17, 15) is 9.18 Å². The number of benzene rings is 1. The minimum atomic E-state index is -0.495. The fourth-order valence-corrected chi connectivity index (χ4v) is 3.17. The van der Waals surface area contributed by atoms with Crippen molar-refractivity contribution >= 4 is 17.7 Å². The molecule has 1 aromatic rings. The third kappa shape index (κ3) is 3.99. The van der Waals surface area contributed by atoms with Gasteiger partial charge in [0.15, 0.2) is 0 Å². The number of hydrogen-bond donors (Lipinski definition) is 1. The largest absolute Gasteiger partial charge is 0.395 e. The maximum atomic E-state index is 14.0. The van der Waals surface area contributed by atoms with Crippen molar-refractivity contribution in [2.45, 2.75) is 19.4 Å². The normalized spacial score (nSPS) is 18.0. The molecular formula is C16H18FNO2S. The van der Waals surface area contributed by atoms with Crippen molar-refractivity contribution in [3.8, 4) is 11.8 Å². The third-order valence-corrected chi connectivity index (χ3v) is 4.49. The van der Waals surface area contributed by atoms with Crippen LogP contribution in [0.5, 0.6) is 0 Å². The van der Waals surface area contributed by atoms with Crippen LogP contribution in [0.1, 0.15) is 29.3 Å². The van der Waals surface area contributed by atoms with Crippen molar-refractivity contribution in [2.24, 2.45) is 0 Å². The van der Waals surface area contributed by atoms with E-state index in [2.05, 4.69) is 11.8 Å². The average molecular weight is 307 g/mol. The number of halogens is 1. The number of aliphatic hydroxyl groups excluding tert-OH is 1. The summed E-state index contributed by atoms with van der Waals surface area (Å²) in [6.07, 6.45) is 0.309. The Balaban J connectivity index is 2.16. The number of aliphatic hydroxyl groups is 1. The van der Waals surface area contributed by atoms with Gasteiger partial charge in [-0.2, -0.15) is 11.8 Å². The molecule has 5 heteroatoms. The molecule has 1 N–H and O–H groups in total. The number of hydrogen-bond acceptors (Lipinski definition) is 3. The summed E-state index contributed by atoms with van der Waals surface area (Å²) >= 11 is 1.83. The molecule has 0 saturated carbocycles. The number of thioether (sulfide) groups is 1. The lowest BCUT2D eigenvalue weighted by atomic mass is 10.1. The van der Waals surface area contributed by atoms with E-state index in [1.807, 2.05) is 18.7 Å². The molecule has 0 radical (unpaired) electrons. The summed E-state index contributed by atoms with van der Waals surface area (Å²) in [5, 5.41) is 8.65. The fourth-order valence-electron chi connectivity index (χ4n) is 2.16. The molecule has 1 heterocycles. The minimum absolute atomic E-state index is 0.0456. The van der Waals surface area contributed by atoms with E-state index in [0.29, 0.717) is 18.5 Å². The molecule has 1 aliphatic heterocycles. The van der Waals surface area contributed by atoms with Crippen LogP contribution in [-0.4, -0.2) is 46.6 Å². The predicted octanol–water partition coefficient (Wildman–Crippen LogP) is 2.14. The van der Waals surface area contributed by atoms with E-state index < -0.39 is 5.82 Å². The number of amides is 1. The summed E-state index contributed by atoms with van der Waals surface area (Å²) in [7, 11) is 0. The van der Waals surface area contributed by atoms with Crippen molar-refractivity contribution in [2.75, 3.05) is 24.7 Å². The highest BCUT2D eigenvalue weighted by Crippen LogP contribution is 2.19. The van der Waals surface area contributed by atoms with Crippen LogP contribution in [-0.2, 0) is 0 Å². The van der Waals surface area contributed by atoms with Gasteiger partial charge in [0.05, 0.1) is 12.2 Å². The first-order chi connectivity index (χ1) is 10.1. The zero-order valence-corrected chi connectivity index (χ0v) is 12.8. The Hall–Kier alpha value is -1.51. The zero-order chi connectivity index (χ0) is 15.2. The average Bonchev–Trinajstić information content (AvgIpc) is 2.49. The van der Waals surface area contributed by atoms with Gasteiger partial charge < -0.3 is 10.0 Å². The summed E-state index contributed by atoms with van der Waals surface area (Å²) in [4.78, 5) is 14.2. The summed E-state index contributed by atoms with van der Waals surface area (Å²) in [5.41, 5.74) is 0.612. The first kappa shape index (κ1) is 15.9. The maximum absolute atomic E-state index is 14.0. The van der Waals surface area contributed by atoms with Crippen molar-refractivity contribution in [3.05, 3.63) is 35.1 Å². The molecule has 1 atom stereocenters. The summed E-state index contributed by atoms with van der Waals surface area (Å²) < 4.78 is 14.0. The van der Waals surface area contributed by atoms with E-state index in [1.54, 1.807) is 11.0 Å². The molecule has 3 nitrogen and oxygen atoms in total. The Morgan fingerprint density at radius 1 is 1.57 bits per heavy atom. The van der Waals surface area contributed by atoms with Gasteiger partial charge in [0.2, 0.25) is 0 Å². The third-order valence-electron chi connectivity index (χ3n) is 3.30. The van der Waals surface area contributed by atoms with Crippen LogP contribution >= 0.6 is 11.8 Å². The molecule has 1 aliphatic rings. The molecule has 1 fully saturated rings. The second kappa shape index (κ2) is 7.48. The minimum Gasteiger partial charge on any atom is -0.395 e. The summed E-state index contributed by atoms with van der Waals surface area (Å²) in [6.45, 7) is 2.66. The van der Waals surface area contributed by atoms with E-state index in [-0.39, 0.29) is 24.1 Å². The SMILES string of the molecule is CC1CSCCN1C(=O)c1ccc(C#CCCO)c(F)c1. The van der Waals surface area contributed by atoms with Crippen LogP contribution in [0.4, 0.5) is 4.39 Å².